The molecule has 0 radical (unpaired) electrons. The van der Waals surface area contributed by atoms with Crippen LogP contribution in [0.5, 0.6) is 0 Å². The third-order valence-corrected chi connectivity index (χ3v) is 5.92. The Bertz CT molecular complexity index is 736. The van der Waals surface area contributed by atoms with Gasteiger partial charge in [0, 0.05) is 6.04 Å². The lowest BCUT2D eigenvalue weighted by molar-refractivity contribution is -0.150. The molecule has 7 nitrogen and oxygen atoms in total. The zero-order valence-electron chi connectivity index (χ0n) is 15.6. The van der Waals surface area contributed by atoms with Crippen molar-refractivity contribution in [1.29, 1.82) is 0 Å². The highest BCUT2D eigenvalue weighted by Gasteiger charge is 2.47. The summed E-state index contributed by atoms with van der Waals surface area (Å²) in [5.41, 5.74) is 7.08. The molecular formula is C20H27N3O4. The van der Waals surface area contributed by atoms with Crippen LogP contribution >= 0.6 is 0 Å². The number of primary amides is 1. The summed E-state index contributed by atoms with van der Waals surface area (Å²) in [7, 11) is 0. The molecule has 146 valence electrons. The lowest BCUT2D eigenvalue weighted by Gasteiger charge is -2.34. The molecule has 27 heavy (non-hydrogen) atoms. The fraction of sp³-hybridized carbons (Fsp3) is 0.550. The Morgan fingerprint density at radius 1 is 1.26 bits per heavy atom. The normalized spacial score (nSPS) is 25.5. The Morgan fingerprint density at radius 2 is 1.96 bits per heavy atom. The molecule has 1 aromatic carbocycles. The lowest BCUT2D eigenvalue weighted by atomic mass is 9.84. The number of hydrogen-bond donors (Lipinski definition) is 3. The second-order valence-corrected chi connectivity index (χ2v) is 7.62. The minimum Gasteiger partial charge on any atom is -0.480 e. The highest BCUT2D eigenvalue weighted by atomic mass is 16.4. The number of carboxylic acid groups (broad SMARTS) is 1. The van der Waals surface area contributed by atoms with Gasteiger partial charge in [-0.15, -0.1) is 0 Å². The number of carbonyl (C=O) groups is 3. The minimum absolute atomic E-state index is 0.000787. The van der Waals surface area contributed by atoms with Gasteiger partial charge in [0.2, 0.25) is 5.91 Å². The summed E-state index contributed by atoms with van der Waals surface area (Å²) in [6.07, 6.45) is 4.44. The van der Waals surface area contributed by atoms with Crippen LogP contribution in [-0.4, -0.2) is 40.0 Å². The van der Waals surface area contributed by atoms with Gasteiger partial charge in [0.25, 0.3) is 0 Å². The number of aliphatic carboxylic acids is 1. The van der Waals surface area contributed by atoms with Gasteiger partial charge in [0.05, 0.1) is 12.5 Å². The Labute approximate surface area is 158 Å². The summed E-state index contributed by atoms with van der Waals surface area (Å²) >= 11 is 0. The third-order valence-electron chi connectivity index (χ3n) is 5.92. The molecule has 3 rings (SSSR count). The van der Waals surface area contributed by atoms with Crippen LogP contribution in [0.2, 0.25) is 0 Å². The van der Waals surface area contributed by atoms with E-state index in [9.17, 15) is 19.5 Å². The zero-order valence-corrected chi connectivity index (χ0v) is 15.6. The second-order valence-electron chi connectivity index (χ2n) is 7.62. The van der Waals surface area contributed by atoms with E-state index in [1.54, 1.807) is 4.90 Å². The van der Waals surface area contributed by atoms with Gasteiger partial charge in [-0.25, -0.2) is 9.59 Å². The molecule has 1 aliphatic heterocycles. The van der Waals surface area contributed by atoms with E-state index >= 15 is 0 Å². The number of fused-ring (bicyclic) bond motifs is 1. The first kappa shape index (κ1) is 19.2. The number of nitrogens with one attached hydrogen (secondary N) is 1. The number of carboxylic acids is 1. The van der Waals surface area contributed by atoms with Gasteiger partial charge in [0.15, 0.2) is 0 Å². The standard InChI is InChI=1S/C20H27N3O4/c1-12-6-2-4-8-14(12)15(22-20(21)27)11-18(24)23-16-9-5-3-7-13(16)10-17(23)19(25)26/h2,4,6,8,13,15-17H,3,5,7,9-11H2,1H3,(H,25,26)(H3,21,22,27). The molecule has 0 aromatic heterocycles. The fourth-order valence-electron chi connectivity index (χ4n) is 4.71. The molecule has 1 aromatic rings. The molecule has 3 amide bonds. The molecule has 1 heterocycles. The van der Waals surface area contributed by atoms with E-state index in [2.05, 4.69) is 5.32 Å². The fourth-order valence-corrected chi connectivity index (χ4v) is 4.71. The van der Waals surface area contributed by atoms with Crippen molar-refractivity contribution >= 4 is 17.9 Å². The molecule has 2 fully saturated rings. The van der Waals surface area contributed by atoms with Crippen molar-refractivity contribution in [3.8, 4) is 0 Å². The van der Waals surface area contributed by atoms with E-state index in [1.165, 1.54) is 0 Å². The summed E-state index contributed by atoms with van der Waals surface area (Å²) in [4.78, 5) is 38.0. The van der Waals surface area contributed by atoms with Gasteiger partial charge in [-0.3, -0.25) is 4.79 Å². The molecule has 1 saturated carbocycles. The molecule has 4 unspecified atom stereocenters. The van der Waals surface area contributed by atoms with Crippen molar-refractivity contribution in [3.05, 3.63) is 35.4 Å². The highest BCUT2D eigenvalue weighted by Crippen LogP contribution is 2.40. The van der Waals surface area contributed by atoms with E-state index in [1.807, 2.05) is 31.2 Å². The van der Waals surface area contributed by atoms with Gasteiger partial charge in [-0.1, -0.05) is 37.1 Å². The van der Waals surface area contributed by atoms with Crippen LogP contribution < -0.4 is 11.1 Å². The van der Waals surface area contributed by atoms with Crippen molar-refractivity contribution < 1.29 is 19.5 Å². The monoisotopic (exact) mass is 373 g/mol. The van der Waals surface area contributed by atoms with Crippen LogP contribution in [0, 0.1) is 12.8 Å². The average molecular weight is 373 g/mol. The molecular weight excluding hydrogens is 346 g/mol. The lowest BCUT2D eigenvalue weighted by Crippen LogP contribution is -2.47. The van der Waals surface area contributed by atoms with Gasteiger partial charge in [0.1, 0.15) is 6.04 Å². The molecule has 7 heteroatoms. The molecule has 1 saturated heterocycles. The number of nitrogens with zero attached hydrogens (tertiary/aromatic N) is 1. The first-order chi connectivity index (χ1) is 12.9. The Morgan fingerprint density at radius 3 is 2.63 bits per heavy atom. The van der Waals surface area contributed by atoms with Gasteiger partial charge in [-0.2, -0.15) is 0 Å². The first-order valence-electron chi connectivity index (χ1n) is 9.54. The zero-order chi connectivity index (χ0) is 19.6. The van der Waals surface area contributed by atoms with E-state index in [4.69, 9.17) is 5.73 Å². The van der Waals surface area contributed by atoms with Crippen LogP contribution in [0.15, 0.2) is 24.3 Å². The van der Waals surface area contributed by atoms with Gasteiger partial charge in [-0.05, 0) is 43.2 Å². The van der Waals surface area contributed by atoms with Crippen LogP contribution in [0.25, 0.3) is 0 Å². The Kier molecular flexibility index (Phi) is 5.68. The van der Waals surface area contributed by atoms with Crippen LogP contribution in [0.4, 0.5) is 4.79 Å². The number of rotatable bonds is 5. The SMILES string of the molecule is Cc1ccccc1C(CC(=O)N1C(C(=O)O)CC2CCCCC21)NC(N)=O. The highest BCUT2D eigenvalue weighted by molar-refractivity contribution is 5.85. The van der Waals surface area contributed by atoms with Crippen LogP contribution in [0.1, 0.15) is 55.7 Å². The quantitative estimate of drug-likeness (QED) is 0.735. The largest absolute Gasteiger partial charge is 0.480 e. The summed E-state index contributed by atoms with van der Waals surface area (Å²) in [6, 6.07) is 5.41. The van der Waals surface area contributed by atoms with Gasteiger partial charge < -0.3 is 21.1 Å². The number of nitrogens with two attached hydrogens (primary N) is 1. The van der Waals surface area contributed by atoms with Gasteiger partial charge >= 0.3 is 12.0 Å². The maximum atomic E-state index is 13.2. The molecule has 1 aliphatic carbocycles. The number of aryl methyl sites for hydroxylation is 1. The second kappa shape index (κ2) is 7.98. The Balaban J connectivity index is 1.84. The number of likely N-dealkylation sites (tertiary alicyclic amines) is 1. The van der Waals surface area contributed by atoms with Crippen molar-refractivity contribution in [2.24, 2.45) is 11.7 Å². The predicted molar refractivity (Wildman–Crippen MR) is 99.9 cm³/mol. The number of urea groups is 1. The minimum atomic E-state index is -0.951. The third kappa shape index (κ3) is 4.07. The van der Waals surface area contributed by atoms with Crippen LogP contribution in [-0.2, 0) is 9.59 Å². The predicted octanol–water partition coefficient (Wildman–Crippen LogP) is 2.34. The van der Waals surface area contributed by atoms with E-state index in [-0.39, 0.29) is 24.3 Å². The topological polar surface area (TPSA) is 113 Å². The Hall–Kier alpha value is -2.57. The molecule has 4 N–H and O–H groups in total. The number of benzene rings is 1. The molecule has 0 bridgehead atoms. The maximum absolute atomic E-state index is 13.2. The summed E-state index contributed by atoms with van der Waals surface area (Å²) in [6.45, 7) is 1.91. The summed E-state index contributed by atoms with van der Waals surface area (Å²) in [5.74, 6) is -0.934. The van der Waals surface area contributed by atoms with Crippen molar-refractivity contribution in [2.45, 2.75) is 63.6 Å². The smallest absolute Gasteiger partial charge is 0.326 e. The first-order valence-corrected chi connectivity index (χ1v) is 9.54. The molecule has 2 aliphatic rings. The van der Waals surface area contributed by atoms with E-state index in [0.717, 1.165) is 36.8 Å². The number of amides is 3. The number of hydrogen-bond acceptors (Lipinski definition) is 3. The van der Waals surface area contributed by atoms with E-state index in [0.29, 0.717) is 6.42 Å². The molecule has 4 atom stereocenters. The van der Waals surface area contributed by atoms with Crippen molar-refractivity contribution in [2.75, 3.05) is 0 Å². The number of carbonyl (C=O) groups excluding carboxylic acids is 2. The van der Waals surface area contributed by atoms with Crippen molar-refractivity contribution in [1.82, 2.24) is 10.2 Å². The summed E-state index contributed by atoms with van der Waals surface area (Å²) in [5, 5.41) is 12.3. The van der Waals surface area contributed by atoms with E-state index < -0.39 is 24.1 Å². The van der Waals surface area contributed by atoms with Crippen molar-refractivity contribution in [3.63, 3.8) is 0 Å². The maximum Gasteiger partial charge on any atom is 0.326 e. The summed E-state index contributed by atoms with van der Waals surface area (Å²) < 4.78 is 0. The molecule has 0 spiro atoms. The average Bonchev–Trinajstić information content (AvgIpc) is 3.01. The van der Waals surface area contributed by atoms with Crippen LogP contribution in [0.3, 0.4) is 0 Å².